The van der Waals surface area contributed by atoms with Gasteiger partial charge in [0.25, 0.3) is 11.8 Å². The first-order chi connectivity index (χ1) is 15.1. The van der Waals surface area contributed by atoms with Crippen LogP contribution in [0.15, 0.2) is 53.4 Å². The number of ether oxygens (including phenoxy) is 2. The number of nitrogens with two attached hydrogens (primary N) is 1. The number of hydrogen-bond acceptors (Lipinski definition) is 7. The van der Waals surface area contributed by atoms with Crippen molar-refractivity contribution in [2.75, 3.05) is 13.2 Å². The molecule has 2 N–H and O–H groups in total. The van der Waals surface area contributed by atoms with Crippen LogP contribution in [0.5, 0.6) is 5.75 Å². The summed E-state index contributed by atoms with van der Waals surface area (Å²) in [7, 11) is -3.80. The number of hydrogen-bond donors (Lipinski definition) is 1. The van der Waals surface area contributed by atoms with Crippen molar-refractivity contribution in [1.82, 2.24) is 4.90 Å². The van der Waals surface area contributed by atoms with Crippen molar-refractivity contribution in [1.29, 1.82) is 0 Å². The number of esters is 1. The maximum Gasteiger partial charge on any atom is 0.329 e. The van der Waals surface area contributed by atoms with Crippen LogP contribution in [0.3, 0.4) is 0 Å². The minimum Gasteiger partial charge on any atom is -0.490 e. The molecule has 0 radical (unpaired) electrons. The van der Waals surface area contributed by atoms with Crippen LogP contribution in [0.1, 0.15) is 41.0 Å². The monoisotopic (exact) mass is 460 g/mol. The molecule has 1 aliphatic rings. The molecule has 0 saturated heterocycles. The van der Waals surface area contributed by atoms with E-state index >= 15 is 0 Å². The number of imide groups is 1. The highest BCUT2D eigenvalue weighted by Gasteiger charge is 2.45. The molecule has 1 heterocycles. The summed E-state index contributed by atoms with van der Waals surface area (Å²) in [6.07, 6.45) is 0.556. The van der Waals surface area contributed by atoms with Crippen LogP contribution in [0, 0.1) is 5.92 Å². The molecular formula is C22H24N2O7S. The van der Waals surface area contributed by atoms with Gasteiger partial charge in [-0.25, -0.2) is 18.4 Å². The molecule has 0 aromatic heterocycles. The van der Waals surface area contributed by atoms with Crippen molar-refractivity contribution in [3.63, 3.8) is 0 Å². The van der Waals surface area contributed by atoms with Crippen LogP contribution in [0.2, 0.25) is 0 Å². The van der Waals surface area contributed by atoms with Crippen molar-refractivity contribution < 1.29 is 32.3 Å². The van der Waals surface area contributed by atoms with Crippen LogP contribution < -0.4 is 9.88 Å². The van der Waals surface area contributed by atoms with Crippen molar-refractivity contribution in [3.05, 3.63) is 59.7 Å². The van der Waals surface area contributed by atoms with Crippen LogP contribution in [0.25, 0.3) is 0 Å². The number of rotatable bonds is 9. The Morgan fingerprint density at radius 3 is 2.06 bits per heavy atom. The van der Waals surface area contributed by atoms with Gasteiger partial charge in [-0.15, -0.1) is 0 Å². The second kappa shape index (κ2) is 9.49. The topological polar surface area (TPSA) is 133 Å². The molecule has 0 spiro atoms. The molecule has 3 rings (SSSR count). The summed E-state index contributed by atoms with van der Waals surface area (Å²) in [6.45, 7) is 3.51. The lowest BCUT2D eigenvalue weighted by Gasteiger charge is -2.28. The van der Waals surface area contributed by atoms with Gasteiger partial charge in [-0.2, -0.15) is 0 Å². The maximum atomic E-state index is 12.8. The van der Waals surface area contributed by atoms with Gasteiger partial charge in [-0.1, -0.05) is 32.4 Å². The molecule has 2 aromatic carbocycles. The molecule has 0 saturated carbocycles. The highest BCUT2D eigenvalue weighted by molar-refractivity contribution is 7.89. The predicted molar refractivity (Wildman–Crippen MR) is 114 cm³/mol. The lowest BCUT2D eigenvalue weighted by Crippen LogP contribution is -2.49. The van der Waals surface area contributed by atoms with E-state index in [1.165, 1.54) is 24.3 Å². The highest BCUT2D eigenvalue weighted by atomic mass is 32.2. The zero-order valence-electron chi connectivity index (χ0n) is 17.7. The van der Waals surface area contributed by atoms with Crippen molar-refractivity contribution in [3.8, 4) is 5.75 Å². The Morgan fingerprint density at radius 2 is 1.56 bits per heavy atom. The third-order valence-corrected chi connectivity index (χ3v) is 6.21. The van der Waals surface area contributed by atoms with Gasteiger partial charge in [0.2, 0.25) is 10.0 Å². The fourth-order valence-corrected chi connectivity index (χ4v) is 3.90. The standard InChI is InChI=1S/C22H24N2O7S/c1-3-14(2)19(24-20(25)17-6-4-5-7-18(17)21(24)26)22(27)31-13-12-30-15-8-10-16(11-9-15)32(23,28)29/h4-11,14,19H,3,12-13H2,1-2H3,(H2,23,28,29)/t14-,19-/m0/s1. The first-order valence-electron chi connectivity index (χ1n) is 10.0. The van der Waals surface area contributed by atoms with Crippen LogP contribution in [-0.4, -0.2) is 50.4 Å². The van der Waals surface area contributed by atoms with Crippen molar-refractivity contribution in [2.24, 2.45) is 11.1 Å². The van der Waals surface area contributed by atoms with Gasteiger partial charge >= 0.3 is 5.97 Å². The SMILES string of the molecule is CC[C@H](C)[C@@H](C(=O)OCCOc1ccc(S(N)(=O)=O)cc1)N1C(=O)c2ccccc2C1=O. The predicted octanol–water partition coefficient (Wildman–Crippen LogP) is 1.97. The molecule has 2 amide bonds. The zero-order chi connectivity index (χ0) is 23.5. The summed E-state index contributed by atoms with van der Waals surface area (Å²) in [4.78, 5) is 39.4. The number of nitrogens with zero attached hydrogens (tertiary/aromatic N) is 1. The van der Waals surface area contributed by atoms with E-state index in [1.807, 2.05) is 6.92 Å². The van der Waals surface area contributed by atoms with Crippen molar-refractivity contribution >= 4 is 27.8 Å². The third kappa shape index (κ3) is 4.81. The lowest BCUT2D eigenvalue weighted by atomic mass is 9.97. The highest BCUT2D eigenvalue weighted by Crippen LogP contribution is 2.28. The summed E-state index contributed by atoms with van der Waals surface area (Å²) in [5.74, 6) is -1.66. The van der Waals surface area contributed by atoms with Gasteiger partial charge in [0.1, 0.15) is 25.0 Å². The average Bonchev–Trinajstić information content (AvgIpc) is 3.02. The molecule has 9 nitrogen and oxygen atoms in total. The first-order valence-corrected chi connectivity index (χ1v) is 11.6. The van der Waals surface area contributed by atoms with E-state index in [2.05, 4.69) is 0 Å². The second-order valence-corrected chi connectivity index (χ2v) is 8.95. The Hall–Kier alpha value is -3.24. The molecule has 0 fully saturated rings. The average molecular weight is 461 g/mol. The van der Waals surface area contributed by atoms with E-state index in [4.69, 9.17) is 14.6 Å². The summed E-state index contributed by atoms with van der Waals surface area (Å²) >= 11 is 0. The molecular weight excluding hydrogens is 436 g/mol. The van der Waals surface area contributed by atoms with Crippen LogP contribution in [-0.2, 0) is 19.6 Å². The zero-order valence-corrected chi connectivity index (χ0v) is 18.5. The maximum absolute atomic E-state index is 12.8. The van der Waals surface area contributed by atoms with Gasteiger partial charge < -0.3 is 9.47 Å². The minimum absolute atomic E-state index is 0.00416. The largest absolute Gasteiger partial charge is 0.490 e. The Labute approximate surface area is 186 Å². The number of benzene rings is 2. The normalized spacial score (nSPS) is 15.3. The molecule has 2 atom stereocenters. The van der Waals surface area contributed by atoms with Crippen molar-refractivity contribution in [2.45, 2.75) is 31.2 Å². The molecule has 0 aliphatic carbocycles. The number of fused-ring (bicyclic) bond motifs is 1. The van der Waals surface area contributed by atoms with Gasteiger partial charge in [0.15, 0.2) is 0 Å². The van der Waals surface area contributed by atoms with Gasteiger partial charge in [-0.05, 0) is 42.3 Å². The van der Waals surface area contributed by atoms with Gasteiger partial charge in [-0.3, -0.25) is 14.5 Å². The number of sulfonamides is 1. The Balaban J connectivity index is 1.63. The van der Waals surface area contributed by atoms with E-state index in [9.17, 15) is 22.8 Å². The fraction of sp³-hybridized carbons (Fsp3) is 0.318. The molecule has 10 heteroatoms. The summed E-state index contributed by atoms with van der Waals surface area (Å²) in [5, 5.41) is 5.05. The van der Waals surface area contributed by atoms with Gasteiger partial charge in [0, 0.05) is 0 Å². The number of primary sulfonamides is 1. The van der Waals surface area contributed by atoms with Crippen LogP contribution in [0.4, 0.5) is 0 Å². The van der Waals surface area contributed by atoms with Crippen LogP contribution >= 0.6 is 0 Å². The van der Waals surface area contributed by atoms with Gasteiger partial charge in [0.05, 0.1) is 16.0 Å². The van der Waals surface area contributed by atoms with E-state index in [0.29, 0.717) is 12.2 Å². The molecule has 1 aliphatic heterocycles. The number of carbonyl (C=O) groups is 3. The number of amides is 2. The summed E-state index contributed by atoms with van der Waals surface area (Å²) in [6, 6.07) is 10.9. The molecule has 170 valence electrons. The Bertz CT molecular complexity index is 1090. The van der Waals surface area contributed by atoms with E-state index < -0.39 is 33.8 Å². The minimum atomic E-state index is -3.80. The fourth-order valence-electron chi connectivity index (χ4n) is 3.39. The smallest absolute Gasteiger partial charge is 0.329 e. The molecule has 2 aromatic rings. The molecule has 0 bridgehead atoms. The summed E-state index contributed by atoms with van der Waals surface area (Å²) < 4.78 is 33.3. The lowest BCUT2D eigenvalue weighted by molar-refractivity contribution is -0.150. The molecule has 32 heavy (non-hydrogen) atoms. The first kappa shape index (κ1) is 23.4. The third-order valence-electron chi connectivity index (χ3n) is 5.28. The Morgan fingerprint density at radius 1 is 1.00 bits per heavy atom. The van der Waals surface area contributed by atoms with E-state index in [0.717, 1.165) is 4.90 Å². The summed E-state index contributed by atoms with van der Waals surface area (Å²) in [5.41, 5.74) is 0.537. The van der Waals surface area contributed by atoms with E-state index in [1.54, 1.807) is 31.2 Å². The number of carbonyl (C=O) groups excluding carboxylic acids is 3. The Kier molecular flexibility index (Phi) is 6.95. The molecule has 0 unspecified atom stereocenters. The van der Waals surface area contributed by atoms with E-state index in [-0.39, 0.29) is 35.2 Å². The quantitative estimate of drug-likeness (QED) is 0.344. The second-order valence-electron chi connectivity index (χ2n) is 7.39.